The Morgan fingerprint density at radius 2 is 1.54 bits per heavy atom. The number of hydrogen-bond donors (Lipinski definition) is 1. The Bertz CT molecular complexity index is 501. The molecule has 1 amide bonds. The average molecular weight is 474 g/mol. The van der Waals surface area contributed by atoms with Crippen LogP contribution in [0, 0.1) is 5.92 Å². The first-order valence-electron chi connectivity index (χ1n) is 10.1. The van der Waals surface area contributed by atoms with E-state index in [1.165, 1.54) is 25.2 Å². The Balaban J connectivity index is 0.00000625. The van der Waals surface area contributed by atoms with Crippen LogP contribution in [-0.4, -0.2) is 43.1 Å². The van der Waals surface area contributed by atoms with Gasteiger partial charge in [-0.15, -0.1) is 0 Å². The molecule has 0 aliphatic rings. The molecule has 1 N–H and O–H groups in total. The second-order valence-corrected chi connectivity index (χ2v) is 7.72. The van der Waals surface area contributed by atoms with Gasteiger partial charge in [0.25, 0.3) is 0 Å². The third kappa shape index (κ3) is 7.95. The van der Waals surface area contributed by atoms with Gasteiger partial charge in [0.15, 0.2) is 0 Å². The van der Waals surface area contributed by atoms with Crippen LogP contribution in [0.2, 0.25) is 0 Å². The molecule has 0 unspecified atom stereocenters. The van der Waals surface area contributed by atoms with Crippen molar-refractivity contribution < 1.29 is 33.3 Å². The van der Waals surface area contributed by atoms with E-state index in [1.54, 1.807) is 0 Å². The summed E-state index contributed by atoms with van der Waals surface area (Å²) in [5.74, 6) is 0.710. The lowest BCUT2D eigenvalue weighted by Crippen LogP contribution is -3.00. The van der Waals surface area contributed by atoms with Gasteiger partial charge in [-0.1, -0.05) is 38.1 Å². The van der Waals surface area contributed by atoms with E-state index < -0.39 is 0 Å². The van der Waals surface area contributed by atoms with Crippen molar-refractivity contribution in [3.05, 3.63) is 35.4 Å². The van der Waals surface area contributed by atoms with Crippen LogP contribution in [0.25, 0.3) is 0 Å². The van der Waals surface area contributed by atoms with E-state index in [-0.39, 0.29) is 35.8 Å². The van der Waals surface area contributed by atoms with Gasteiger partial charge in [-0.2, -0.15) is 0 Å². The first-order valence-corrected chi connectivity index (χ1v) is 10.1. The fraction of sp³-hybridized carbons (Fsp3) is 0.682. The zero-order valence-electron chi connectivity index (χ0n) is 17.6. The predicted octanol–water partition coefficient (Wildman–Crippen LogP) is 1.38. The van der Waals surface area contributed by atoms with E-state index in [9.17, 15) is 4.79 Å². The molecule has 150 valence electrons. The van der Waals surface area contributed by atoms with Gasteiger partial charge in [-0.3, -0.25) is 4.79 Å². The molecular weight excluding hydrogens is 435 g/mol. The lowest BCUT2D eigenvalue weighted by atomic mass is 9.96. The molecule has 0 aliphatic carbocycles. The molecule has 0 radical (unpaired) electrons. The Kier molecular flexibility index (Phi) is 12.4. The number of carbonyl (C=O) groups excluding carboxylic acids is 1. The first kappa shape index (κ1) is 25.4. The summed E-state index contributed by atoms with van der Waals surface area (Å²) in [6.45, 7) is 18.7. The third-order valence-electron chi connectivity index (χ3n) is 5.64. The van der Waals surface area contributed by atoms with E-state index >= 15 is 0 Å². The summed E-state index contributed by atoms with van der Waals surface area (Å²) in [6, 6.07) is 8.54. The summed E-state index contributed by atoms with van der Waals surface area (Å²) < 4.78 is 1.14. The Morgan fingerprint density at radius 3 is 2.00 bits per heavy atom. The third-order valence-corrected chi connectivity index (χ3v) is 5.64. The second-order valence-electron chi connectivity index (χ2n) is 7.72. The number of nitrogens with zero attached hydrogens (tertiary/aromatic N) is 1. The van der Waals surface area contributed by atoms with Crippen LogP contribution >= 0.6 is 0 Å². The summed E-state index contributed by atoms with van der Waals surface area (Å²) in [4.78, 5) is 12.4. The summed E-state index contributed by atoms with van der Waals surface area (Å²) in [5, 5.41) is 3.12. The molecule has 0 saturated carbocycles. The van der Waals surface area contributed by atoms with Crippen LogP contribution in [0.1, 0.15) is 65.0 Å². The fourth-order valence-electron chi connectivity index (χ4n) is 3.49. The highest BCUT2D eigenvalue weighted by atomic mass is 127. The van der Waals surface area contributed by atoms with Crippen molar-refractivity contribution in [2.45, 2.75) is 60.3 Å². The van der Waals surface area contributed by atoms with Crippen molar-refractivity contribution in [2.75, 3.05) is 32.7 Å². The number of amides is 1. The molecule has 0 aromatic heterocycles. The minimum Gasteiger partial charge on any atom is -1.00 e. The number of hydrogen-bond acceptors (Lipinski definition) is 1. The van der Waals surface area contributed by atoms with Crippen molar-refractivity contribution in [1.29, 1.82) is 0 Å². The van der Waals surface area contributed by atoms with Gasteiger partial charge in [0, 0.05) is 13.0 Å². The van der Waals surface area contributed by atoms with Gasteiger partial charge in [0.1, 0.15) is 0 Å². The number of carbonyl (C=O) groups is 1. The maximum Gasteiger partial charge on any atom is 0.227 e. The summed E-state index contributed by atoms with van der Waals surface area (Å²) >= 11 is 0. The van der Waals surface area contributed by atoms with Gasteiger partial charge in [-0.25, -0.2) is 0 Å². The minimum absolute atomic E-state index is 0. The Morgan fingerprint density at radius 1 is 1.00 bits per heavy atom. The molecule has 4 heteroatoms. The molecule has 26 heavy (non-hydrogen) atoms. The largest absolute Gasteiger partial charge is 1.00 e. The number of quaternary nitrogens is 1. The predicted molar refractivity (Wildman–Crippen MR) is 108 cm³/mol. The molecule has 3 nitrogen and oxygen atoms in total. The number of nitrogens with one attached hydrogen (secondary N) is 1. The highest BCUT2D eigenvalue weighted by Crippen LogP contribution is 2.17. The van der Waals surface area contributed by atoms with Crippen molar-refractivity contribution in [1.82, 2.24) is 5.32 Å². The molecule has 0 aliphatic heterocycles. The summed E-state index contributed by atoms with van der Waals surface area (Å²) in [5.41, 5.74) is 2.45. The maximum atomic E-state index is 12.4. The van der Waals surface area contributed by atoms with Gasteiger partial charge in [-0.05, 0) is 51.2 Å². The molecule has 1 aromatic carbocycles. The normalized spacial score (nSPS) is 12.6. The van der Waals surface area contributed by atoms with Crippen LogP contribution in [0.3, 0.4) is 0 Å². The standard InChI is InChI=1S/C22H38N2O.HI/c1-7-24(8-2,9-3)16-10-15-23-22(25)19(6)21-13-11-20(12-14-21)17-18(4)5;/h11-14,18-19H,7-10,15-17H2,1-6H3;1H/t19-;/m1./s1. The maximum absolute atomic E-state index is 12.4. The van der Waals surface area contributed by atoms with Crippen LogP contribution in [-0.2, 0) is 11.2 Å². The van der Waals surface area contributed by atoms with Crippen LogP contribution < -0.4 is 29.3 Å². The van der Waals surface area contributed by atoms with Gasteiger partial charge >= 0.3 is 0 Å². The van der Waals surface area contributed by atoms with E-state index in [2.05, 4.69) is 64.2 Å². The molecule has 0 heterocycles. The van der Waals surface area contributed by atoms with E-state index in [1.807, 2.05) is 6.92 Å². The summed E-state index contributed by atoms with van der Waals surface area (Å²) in [6.07, 6.45) is 2.13. The van der Waals surface area contributed by atoms with E-state index in [0.717, 1.165) is 36.0 Å². The SMILES string of the molecule is CC[N+](CC)(CC)CCCNC(=O)[C@H](C)c1ccc(CC(C)C)cc1.[I-]. The average Bonchev–Trinajstić information content (AvgIpc) is 2.62. The van der Waals surface area contributed by atoms with Crippen molar-refractivity contribution in [3.63, 3.8) is 0 Å². The number of halogens is 1. The highest BCUT2D eigenvalue weighted by molar-refractivity contribution is 5.83. The smallest absolute Gasteiger partial charge is 0.227 e. The first-order chi connectivity index (χ1) is 11.9. The molecular formula is C22H39IN2O. The second kappa shape index (κ2) is 12.7. The molecule has 1 rings (SSSR count). The van der Waals surface area contributed by atoms with Crippen molar-refractivity contribution in [2.24, 2.45) is 5.92 Å². The lowest BCUT2D eigenvalue weighted by molar-refractivity contribution is -0.923. The Labute approximate surface area is 178 Å². The number of benzene rings is 1. The molecule has 0 bridgehead atoms. The van der Waals surface area contributed by atoms with Crippen molar-refractivity contribution >= 4 is 5.91 Å². The van der Waals surface area contributed by atoms with Crippen molar-refractivity contribution in [3.8, 4) is 0 Å². The van der Waals surface area contributed by atoms with Gasteiger partial charge in [0.2, 0.25) is 5.91 Å². The molecule has 0 saturated heterocycles. The van der Waals surface area contributed by atoms with E-state index in [4.69, 9.17) is 0 Å². The molecule has 0 spiro atoms. The highest BCUT2D eigenvalue weighted by Gasteiger charge is 2.20. The van der Waals surface area contributed by atoms with Gasteiger partial charge < -0.3 is 33.8 Å². The Hall–Kier alpha value is -0.620. The topological polar surface area (TPSA) is 29.1 Å². The minimum atomic E-state index is -0.0872. The lowest BCUT2D eigenvalue weighted by Gasteiger charge is -2.35. The molecule has 1 atom stereocenters. The zero-order chi connectivity index (χ0) is 18.9. The van der Waals surface area contributed by atoms with Crippen LogP contribution in [0.5, 0.6) is 0 Å². The summed E-state index contributed by atoms with van der Waals surface area (Å²) in [7, 11) is 0. The quantitative estimate of drug-likeness (QED) is 0.293. The van der Waals surface area contributed by atoms with Gasteiger partial charge in [0.05, 0.1) is 32.1 Å². The van der Waals surface area contributed by atoms with E-state index in [0.29, 0.717) is 5.92 Å². The fourth-order valence-corrected chi connectivity index (χ4v) is 3.49. The molecule has 1 aromatic rings. The number of rotatable bonds is 11. The monoisotopic (exact) mass is 474 g/mol. The zero-order valence-corrected chi connectivity index (χ0v) is 19.8. The van der Waals surface area contributed by atoms with Crippen LogP contribution in [0.15, 0.2) is 24.3 Å². The van der Waals surface area contributed by atoms with Crippen LogP contribution in [0.4, 0.5) is 0 Å². The molecule has 0 fully saturated rings.